The Hall–Kier alpha value is -1.55. The molecule has 0 N–H and O–H groups in total. The molecule has 1 heterocycles. The van der Waals surface area contributed by atoms with Crippen LogP contribution in [0.2, 0.25) is 0 Å². The van der Waals surface area contributed by atoms with Crippen LogP contribution in [-0.2, 0) is 4.79 Å². The Morgan fingerprint density at radius 1 is 1.31 bits per heavy atom. The second-order valence-corrected chi connectivity index (χ2v) is 3.31. The molecule has 1 saturated heterocycles. The molecule has 0 saturated carbocycles. The molecule has 1 amide bonds. The van der Waals surface area contributed by atoms with Crippen LogP contribution < -0.4 is 0 Å². The van der Waals surface area contributed by atoms with E-state index in [1.54, 1.807) is 4.90 Å². The minimum atomic E-state index is -0.855. The van der Waals surface area contributed by atoms with E-state index in [4.69, 9.17) is 10.5 Å². The highest BCUT2D eigenvalue weighted by molar-refractivity contribution is 5.73. The zero-order valence-electron chi connectivity index (χ0n) is 7.58. The summed E-state index contributed by atoms with van der Waals surface area (Å²) in [5, 5.41) is 17.6. The summed E-state index contributed by atoms with van der Waals surface area (Å²) in [5.74, 6) is 0.0180. The van der Waals surface area contributed by atoms with Crippen molar-refractivity contribution >= 4 is 5.91 Å². The molecule has 0 spiro atoms. The molecule has 1 rings (SSSR count). The molecule has 0 radical (unpaired) electrons. The molecular formula is C9H11N3O. The molecule has 0 aromatic carbocycles. The van der Waals surface area contributed by atoms with Crippen molar-refractivity contribution in [3.05, 3.63) is 0 Å². The van der Waals surface area contributed by atoms with Gasteiger partial charge in [0.15, 0.2) is 0 Å². The van der Waals surface area contributed by atoms with Gasteiger partial charge < -0.3 is 4.90 Å². The summed E-state index contributed by atoms with van der Waals surface area (Å²) in [7, 11) is 0. The van der Waals surface area contributed by atoms with E-state index in [0.717, 1.165) is 0 Å². The number of nitriles is 2. The fourth-order valence-electron chi connectivity index (χ4n) is 1.45. The third-order valence-corrected chi connectivity index (χ3v) is 2.49. The number of piperidine rings is 1. The number of hydrogen-bond acceptors (Lipinski definition) is 3. The second kappa shape index (κ2) is 3.45. The zero-order valence-corrected chi connectivity index (χ0v) is 7.58. The monoisotopic (exact) mass is 177 g/mol. The molecule has 1 aliphatic heterocycles. The number of nitrogens with zero attached hydrogens (tertiary/aromatic N) is 3. The van der Waals surface area contributed by atoms with Gasteiger partial charge in [-0.3, -0.25) is 4.79 Å². The van der Waals surface area contributed by atoms with E-state index in [-0.39, 0.29) is 5.91 Å². The Bertz CT molecular complexity index is 273. The molecule has 0 atom stereocenters. The van der Waals surface area contributed by atoms with Gasteiger partial charge in [-0.25, -0.2) is 0 Å². The number of rotatable bonds is 0. The highest BCUT2D eigenvalue weighted by atomic mass is 16.2. The lowest BCUT2D eigenvalue weighted by molar-refractivity contribution is -0.130. The van der Waals surface area contributed by atoms with Crippen LogP contribution in [0.15, 0.2) is 0 Å². The second-order valence-electron chi connectivity index (χ2n) is 3.31. The highest BCUT2D eigenvalue weighted by Gasteiger charge is 2.35. The first kappa shape index (κ1) is 9.54. The Labute approximate surface area is 77.4 Å². The average molecular weight is 177 g/mol. The van der Waals surface area contributed by atoms with E-state index in [0.29, 0.717) is 25.9 Å². The Morgan fingerprint density at radius 3 is 2.08 bits per heavy atom. The maximum atomic E-state index is 10.9. The van der Waals surface area contributed by atoms with Crippen molar-refractivity contribution in [2.24, 2.45) is 5.41 Å². The minimum Gasteiger partial charge on any atom is -0.343 e. The summed E-state index contributed by atoms with van der Waals surface area (Å²) in [6.45, 7) is 2.55. The third-order valence-electron chi connectivity index (χ3n) is 2.49. The number of carbonyl (C=O) groups is 1. The van der Waals surface area contributed by atoms with Gasteiger partial charge in [0.05, 0.1) is 12.1 Å². The first-order chi connectivity index (χ1) is 6.13. The SMILES string of the molecule is CC(=O)N1CCC(C#N)(C#N)CC1. The standard InChI is InChI=1S/C9H11N3O/c1-8(13)12-4-2-9(6-10,7-11)3-5-12/h2-5H2,1H3. The van der Waals surface area contributed by atoms with Gasteiger partial charge in [0.1, 0.15) is 5.41 Å². The smallest absolute Gasteiger partial charge is 0.219 e. The van der Waals surface area contributed by atoms with Crippen molar-refractivity contribution in [3.8, 4) is 12.1 Å². The maximum Gasteiger partial charge on any atom is 0.219 e. The summed E-state index contributed by atoms with van der Waals surface area (Å²) in [4.78, 5) is 12.6. The van der Waals surface area contributed by atoms with Crippen molar-refractivity contribution < 1.29 is 4.79 Å². The molecule has 13 heavy (non-hydrogen) atoms. The van der Waals surface area contributed by atoms with Gasteiger partial charge in [-0.1, -0.05) is 0 Å². The van der Waals surface area contributed by atoms with E-state index in [1.807, 2.05) is 12.1 Å². The van der Waals surface area contributed by atoms with Crippen LogP contribution >= 0.6 is 0 Å². The van der Waals surface area contributed by atoms with Gasteiger partial charge >= 0.3 is 0 Å². The first-order valence-electron chi connectivity index (χ1n) is 4.21. The zero-order chi connectivity index (χ0) is 9.90. The molecule has 0 aromatic heterocycles. The minimum absolute atomic E-state index is 0.0180. The summed E-state index contributed by atoms with van der Waals surface area (Å²) in [5.41, 5.74) is -0.855. The lowest BCUT2D eigenvalue weighted by Gasteiger charge is -2.32. The predicted molar refractivity (Wildman–Crippen MR) is 45.1 cm³/mol. The van der Waals surface area contributed by atoms with Crippen LogP contribution in [-0.4, -0.2) is 23.9 Å². The molecule has 4 nitrogen and oxygen atoms in total. The number of hydrogen-bond donors (Lipinski definition) is 0. The van der Waals surface area contributed by atoms with Crippen molar-refractivity contribution in [2.75, 3.05) is 13.1 Å². The van der Waals surface area contributed by atoms with Gasteiger partial charge in [0, 0.05) is 20.0 Å². The summed E-state index contributed by atoms with van der Waals surface area (Å²) >= 11 is 0. The molecular weight excluding hydrogens is 166 g/mol. The fraction of sp³-hybridized carbons (Fsp3) is 0.667. The predicted octanol–water partition coefficient (Wildman–Crippen LogP) is 0.662. The Morgan fingerprint density at radius 2 is 1.77 bits per heavy atom. The largest absolute Gasteiger partial charge is 0.343 e. The van der Waals surface area contributed by atoms with E-state index in [2.05, 4.69) is 0 Å². The number of carbonyl (C=O) groups excluding carboxylic acids is 1. The third kappa shape index (κ3) is 1.78. The average Bonchev–Trinajstić information content (AvgIpc) is 2.18. The van der Waals surface area contributed by atoms with Crippen LogP contribution in [0, 0.1) is 28.1 Å². The van der Waals surface area contributed by atoms with Gasteiger partial charge in [0.25, 0.3) is 0 Å². The summed E-state index contributed by atoms with van der Waals surface area (Å²) in [6, 6.07) is 4.05. The molecule has 1 fully saturated rings. The lowest BCUT2D eigenvalue weighted by Crippen LogP contribution is -2.41. The van der Waals surface area contributed by atoms with Crippen LogP contribution in [0.3, 0.4) is 0 Å². The van der Waals surface area contributed by atoms with Gasteiger partial charge in [-0.2, -0.15) is 10.5 Å². The van der Waals surface area contributed by atoms with Crippen molar-refractivity contribution in [3.63, 3.8) is 0 Å². The topological polar surface area (TPSA) is 67.9 Å². The molecule has 0 aliphatic carbocycles. The number of amides is 1. The first-order valence-corrected chi connectivity index (χ1v) is 4.21. The quantitative estimate of drug-likeness (QED) is 0.546. The van der Waals surface area contributed by atoms with E-state index < -0.39 is 5.41 Å². The molecule has 4 heteroatoms. The van der Waals surface area contributed by atoms with E-state index >= 15 is 0 Å². The van der Waals surface area contributed by atoms with E-state index in [1.165, 1.54) is 6.92 Å². The van der Waals surface area contributed by atoms with E-state index in [9.17, 15) is 4.79 Å². The molecule has 0 bridgehead atoms. The molecule has 1 aliphatic rings. The Balaban J connectivity index is 2.63. The van der Waals surface area contributed by atoms with Crippen LogP contribution in [0.1, 0.15) is 19.8 Å². The van der Waals surface area contributed by atoms with Gasteiger partial charge in [0.2, 0.25) is 5.91 Å². The number of likely N-dealkylation sites (tertiary alicyclic amines) is 1. The fourth-order valence-corrected chi connectivity index (χ4v) is 1.45. The normalized spacial score (nSPS) is 20.1. The van der Waals surface area contributed by atoms with Crippen molar-refractivity contribution in [1.29, 1.82) is 10.5 Å². The van der Waals surface area contributed by atoms with Crippen molar-refractivity contribution in [1.82, 2.24) is 4.90 Å². The Kier molecular flexibility index (Phi) is 2.53. The lowest BCUT2D eigenvalue weighted by atomic mass is 9.81. The summed E-state index contributed by atoms with van der Waals surface area (Å²) < 4.78 is 0. The molecule has 0 aromatic rings. The van der Waals surface area contributed by atoms with Crippen LogP contribution in [0.4, 0.5) is 0 Å². The van der Waals surface area contributed by atoms with Gasteiger partial charge in [-0.15, -0.1) is 0 Å². The van der Waals surface area contributed by atoms with Gasteiger partial charge in [-0.05, 0) is 12.8 Å². The molecule has 68 valence electrons. The highest BCUT2D eigenvalue weighted by Crippen LogP contribution is 2.29. The molecule has 0 unspecified atom stereocenters. The van der Waals surface area contributed by atoms with Crippen LogP contribution in [0.25, 0.3) is 0 Å². The van der Waals surface area contributed by atoms with Crippen molar-refractivity contribution in [2.45, 2.75) is 19.8 Å². The summed E-state index contributed by atoms with van der Waals surface area (Å²) in [6.07, 6.45) is 0.944. The van der Waals surface area contributed by atoms with Crippen LogP contribution in [0.5, 0.6) is 0 Å². The maximum absolute atomic E-state index is 10.9.